The lowest BCUT2D eigenvalue weighted by atomic mass is 9.49. The van der Waals surface area contributed by atoms with Crippen LogP contribution >= 0.6 is 0 Å². The molecule has 0 bridgehead atoms. The van der Waals surface area contributed by atoms with Crippen LogP contribution in [0.15, 0.2) is 42.5 Å². The van der Waals surface area contributed by atoms with Crippen LogP contribution in [-0.2, 0) is 0 Å². The van der Waals surface area contributed by atoms with Gasteiger partial charge in [0.05, 0.1) is 12.7 Å². The van der Waals surface area contributed by atoms with Gasteiger partial charge in [-0.05, 0) is 31.2 Å². The maximum absolute atomic E-state index is 12.8. The van der Waals surface area contributed by atoms with Crippen LogP contribution in [-0.4, -0.2) is 25.2 Å². The molecule has 1 amide bonds. The fraction of sp³-hybridized carbons (Fsp3) is 0.417. The summed E-state index contributed by atoms with van der Waals surface area (Å²) in [4.78, 5) is 12.8. The third-order valence-corrected chi connectivity index (χ3v) is 5.98. The third-order valence-electron chi connectivity index (χ3n) is 5.98. The standard InChI is InChI=1S/C24H28N2O3/c1-15-7-9-16(10-8-15)20(27)26-21-23(2,3)22(24(21,4)5)29-18-12-11-17(14-25)19(13-18)28-6/h7-13,21-22H,1-6H3,(H,26,27). The Morgan fingerprint density at radius 2 is 1.69 bits per heavy atom. The van der Waals surface area contributed by atoms with Gasteiger partial charge in [-0.25, -0.2) is 0 Å². The number of amides is 1. The van der Waals surface area contributed by atoms with E-state index in [9.17, 15) is 4.79 Å². The van der Waals surface area contributed by atoms with Crippen LogP contribution in [0.4, 0.5) is 0 Å². The van der Waals surface area contributed by atoms with Gasteiger partial charge in [0.1, 0.15) is 23.7 Å². The monoisotopic (exact) mass is 392 g/mol. The normalized spacial score (nSPS) is 21.4. The molecule has 0 saturated heterocycles. The number of nitrogens with one attached hydrogen (secondary N) is 1. The Morgan fingerprint density at radius 3 is 2.24 bits per heavy atom. The van der Waals surface area contributed by atoms with Crippen molar-refractivity contribution in [2.45, 2.75) is 46.8 Å². The smallest absolute Gasteiger partial charge is 0.251 e. The number of benzene rings is 2. The van der Waals surface area contributed by atoms with Gasteiger partial charge in [0, 0.05) is 28.5 Å². The van der Waals surface area contributed by atoms with Gasteiger partial charge in [-0.3, -0.25) is 4.79 Å². The predicted octanol–water partition coefficient (Wildman–Crippen LogP) is 4.49. The number of rotatable bonds is 5. The van der Waals surface area contributed by atoms with Gasteiger partial charge in [0.2, 0.25) is 0 Å². The van der Waals surface area contributed by atoms with E-state index < -0.39 is 0 Å². The Labute approximate surface area is 172 Å². The van der Waals surface area contributed by atoms with Crippen molar-refractivity contribution < 1.29 is 14.3 Å². The molecule has 1 aliphatic rings. The average molecular weight is 392 g/mol. The second kappa shape index (κ2) is 7.44. The second-order valence-corrected chi connectivity index (χ2v) is 8.89. The average Bonchev–Trinajstić information content (AvgIpc) is 2.69. The number of carbonyl (C=O) groups is 1. The van der Waals surface area contributed by atoms with Gasteiger partial charge in [-0.15, -0.1) is 0 Å². The lowest BCUT2D eigenvalue weighted by Crippen LogP contribution is -2.74. The summed E-state index contributed by atoms with van der Waals surface area (Å²) < 4.78 is 11.6. The molecule has 1 saturated carbocycles. The molecule has 0 atom stereocenters. The van der Waals surface area contributed by atoms with Gasteiger partial charge >= 0.3 is 0 Å². The molecule has 0 spiro atoms. The summed E-state index contributed by atoms with van der Waals surface area (Å²) in [6.45, 7) is 10.4. The number of nitrogens with zero attached hydrogens (tertiary/aromatic N) is 1. The van der Waals surface area contributed by atoms with Gasteiger partial charge in [0.25, 0.3) is 5.91 Å². The molecule has 1 fully saturated rings. The highest BCUT2D eigenvalue weighted by Crippen LogP contribution is 2.55. The minimum absolute atomic E-state index is 0.0471. The zero-order valence-corrected chi connectivity index (χ0v) is 17.9. The Balaban J connectivity index is 1.77. The number of aryl methyl sites for hydroxylation is 1. The number of carbonyl (C=O) groups excluding carboxylic acids is 1. The molecule has 1 N–H and O–H groups in total. The minimum Gasteiger partial charge on any atom is -0.495 e. The summed E-state index contributed by atoms with van der Waals surface area (Å²) in [6.07, 6.45) is -0.115. The predicted molar refractivity (Wildman–Crippen MR) is 112 cm³/mol. The van der Waals surface area contributed by atoms with Crippen molar-refractivity contribution in [1.29, 1.82) is 5.26 Å². The Kier molecular flexibility index (Phi) is 5.32. The molecule has 0 unspecified atom stereocenters. The molecule has 0 aliphatic heterocycles. The summed E-state index contributed by atoms with van der Waals surface area (Å²) in [7, 11) is 1.54. The zero-order valence-electron chi connectivity index (χ0n) is 17.9. The number of ether oxygens (including phenoxy) is 2. The Morgan fingerprint density at radius 1 is 1.07 bits per heavy atom. The van der Waals surface area contributed by atoms with Crippen molar-refractivity contribution in [2.75, 3.05) is 7.11 Å². The van der Waals surface area contributed by atoms with E-state index in [4.69, 9.17) is 14.7 Å². The molecule has 2 aromatic carbocycles. The number of hydrogen-bond donors (Lipinski definition) is 1. The van der Waals surface area contributed by atoms with E-state index in [1.807, 2.05) is 31.2 Å². The van der Waals surface area contributed by atoms with E-state index in [1.54, 1.807) is 18.2 Å². The molecular formula is C24H28N2O3. The molecule has 3 rings (SSSR count). The lowest BCUT2D eigenvalue weighted by molar-refractivity contribution is -0.164. The summed E-state index contributed by atoms with van der Waals surface area (Å²) >= 11 is 0. The highest BCUT2D eigenvalue weighted by atomic mass is 16.5. The van der Waals surface area contributed by atoms with E-state index in [2.05, 4.69) is 39.1 Å². The first-order valence-electron chi connectivity index (χ1n) is 9.73. The fourth-order valence-corrected chi connectivity index (χ4v) is 4.69. The van der Waals surface area contributed by atoms with Crippen molar-refractivity contribution in [3.05, 3.63) is 59.2 Å². The van der Waals surface area contributed by atoms with E-state index in [1.165, 1.54) is 7.11 Å². The van der Waals surface area contributed by atoms with E-state index in [-0.39, 0.29) is 28.9 Å². The van der Waals surface area contributed by atoms with Crippen molar-refractivity contribution in [3.8, 4) is 17.6 Å². The van der Waals surface area contributed by atoms with Gasteiger partial charge in [-0.1, -0.05) is 45.4 Å². The summed E-state index contributed by atoms with van der Waals surface area (Å²) in [5.41, 5.74) is 1.70. The van der Waals surface area contributed by atoms with E-state index in [0.717, 1.165) is 5.56 Å². The highest BCUT2D eigenvalue weighted by Gasteiger charge is 2.64. The minimum atomic E-state index is -0.273. The molecule has 2 aromatic rings. The van der Waals surface area contributed by atoms with Crippen molar-refractivity contribution in [3.63, 3.8) is 0 Å². The molecule has 5 nitrogen and oxygen atoms in total. The van der Waals surface area contributed by atoms with Crippen molar-refractivity contribution in [1.82, 2.24) is 5.32 Å². The lowest BCUT2D eigenvalue weighted by Gasteiger charge is -2.63. The third kappa shape index (κ3) is 3.67. The number of nitriles is 1. The summed E-state index contributed by atoms with van der Waals surface area (Å²) in [5, 5.41) is 12.4. The number of methoxy groups -OCH3 is 1. The zero-order chi connectivity index (χ0) is 21.4. The van der Waals surface area contributed by atoms with Crippen LogP contribution < -0.4 is 14.8 Å². The Hall–Kier alpha value is -3.00. The van der Waals surface area contributed by atoms with Gasteiger partial charge in [0.15, 0.2) is 0 Å². The maximum Gasteiger partial charge on any atom is 0.251 e. The van der Waals surface area contributed by atoms with Crippen LogP contribution in [0.2, 0.25) is 0 Å². The summed E-state index contributed by atoms with van der Waals surface area (Å²) in [6, 6.07) is 14.9. The van der Waals surface area contributed by atoms with E-state index >= 15 is 0 Å². The molecule has 0 heterocycles. The first-order chi connectivity index (χ1) is 13.6. The van der Waals surface area contributed by atoms with Gasteiger partial charge < -0.3 is 14.8 Å². The fourth-order valence-electron chi connectivity index (χ4n) is 4.69. The first-order valence-corrected chi connectivity index (χ1v) is 9.73. The van der Waals surface area contributed by atoms with Gasteiger partial charge in [-0.2, -0.15) is 5.26 Å². The van der Waals surface area contributed by atoms with Crippen molar-refractivity contribution >= 4 is 5.91 Å². The summed E-state index contributed by atoms with van der Waals surface area (Å²) in [5.74, 6) is 1.06. The highest BCUT2D eigenvalue weighted by molar-refractivity contribution is 5.94. The SMILES string of the molecule is COc1cc(OC2C(C)(C)C(NC(=O)c3ccc(C)cc3)C2(C)C)ccc1C#N. The van der Waals surface area contributed by atoms with Crippen LogP contribution in [0.1, 0.15) is 49.2 Å². The maximum atomic E-state index is 12.8. The molecule has 152 valence electrons. The van der Waals surface area contributed by atoms with Crippen LogP contribution in [0.25, 0.3) is 0 Å². The van der Waals surface area contributed by atoms with Crippen LogP contribution in [0.3, 0.4) is 0 Å². The van der Waals surface area contributed by atoms with E-state index in [0.29, 0.717) is 22.6 Å². The molecule has 5 heteroatoms. The number of hydrogen-bond acceptors (Lipinski definition) is 4. The van der Waals surface area contributed by atoms with Crippen LogP contribution in [0.5, 0.6) is 11.5 Å². The molecular weight excluding hydrogens is 364 g/mol. The topological polar surface area (TPSA) is 71.3 Å². The van der Waals surface area contributed by atoms with Crippen molar-refractivity contribution in [2.24, 2.45) is 10.8 Å². The first kappa shape index (κ1) is 20.7. The molecule has 1 aliphatic carbocycles. The molecule has 0 radical (unpaired) electrons. The Bertz CT molecular complexity index is 939. The quantitative estimate of drug-likeness (QED) is 0.814. The largest absolute Gasteiger partial charge is 0.495 e. The molecule has 0 aromatic heterocycles. The second-order valence-electron chi connectivity index (χ2n) is 8.89. The molecule has 29 heavy (non-hydrogen) atoms. The van der Waals surface area contributed by atoms with Crippen LogP contribution in [0, 0.1) is 29.1 Å².